The molecule has 0 fully saturated rings. The average Bonchev–Trinajstić information content (AvgIpc) is 1.84. The molecule has 0 saturated heterocycles. The number of rotatable bonds is 6. The third-order valence-corrected chi connectivity index (χ3v) is 2.72. The molecule has 0 bridgehead atoms. The van der Waals surface area contributed by atoms with Crippen LogP contribution in [0.2, 0.25) is 0 Å². The first-order chi connectivity index (χ1) is 5.45. The van der Waals surface area contributed by atoms with Crippen molar-refractivity contribution in [3.05, 3.63) is 0 Å². The lowest BCUT2D eigenvalue weighted by molar-refractivity contribution is 0.463. The monoisotopic (exact) mass is 254 g/mol. The Morgan fingerprint density at radius 2 is 1.92 bits per heavy atom. The quantitative estimate of drug-likeness (QED) is 0.609. The van der Waals surface area contributed by atoms with Gasteiger partial charge in [0.2, 0.25) is 0 Å². The molecule has 0 aromatic carbocycles. The highest BCUT2D eigenvalue weighted by molar-refractivity contribution is 9.09. The highest BCUT2D eigenvalue weighted by atomic mass is 79.9. The molecule has 0 aliphatic carbocycles. The van der Waals surface area contributed by atoms with Gasteiger partial charge in [0.25, 0.3) is 0 Å². The largest absolute Gasteiger partial charge is 0.120 e. The zero-order chi connectivity index (χ0) is 9.61. The summed E-state index contributed by atoms with van der Waals surface area (Å²) in [5, 5.41) is 1.12. The van der Waals surface area contributed by atoms with Crippen molar-refractivity contribution in [2.24, 2.45) is 5.92 Å². The van der Waals surface area contributed by atoms with E-state index in [1.807, 2.05) is 0 Å². The lowest BCUT2D eigenvalue weighted by atomic mass is 9.98. The minimum Gasteiger partial charge on any atom is -0.120 e. The van der Waals surface area contributed by atoms with E-state index in [2.05, 4.69) is 36.7 Å². The molecule has 0 aromatic heterocycles. The van der Waals surface area contributed by atoms with Crippen LogP contribution >= 0.6 is 27.5 Å². The molecule has 0 aliphatic heterocycles. The second kappa shape index (κ2) is 6.26. The molecule has 0 aliphatic rings. The molecule has 2 heteroatoms. The molecule has 0 nitrogen and oxygen atoms in total. The molecular formula is C10H20BrCl. The van der Waals surface area contributed by atoms with Gasteiger partial charge in [-0.1, -0.05) is 35.7 Å². The van der Waals surface area contributed by atoms with Crippen LogP contribution in [0.15, 0.2) is 0 Å². The van der Waals surface area contributed by atoms with Gasteiger partial charge in [-0.15, -0.1) is 11.6 Å². The van der Waals surface area contributed by atoms with Gasteiger partial charge in [0.1, 0.15) is 0 Å². The van der Waals surface area contributed by atoms with Gasteiger partial charge in [-0.2, -0.15) is 0 Å². The summed E-state index contributed by atoms with van der Waals surface area (Å²) in [6, 6.07) is 0. The molecule has 0 unspecified atom stereocenters. The zero-order valence-corrected chi connectivity index (χ0v) is 10.7. The molecule has 12 heavy (non-hydrogen) atoms. The summed E-state index contributed by atoms with van der Waals surface area (Å²) in [6.07, 6.45) is 4.97. The van der Waals surface area contributed by atoms with Crippen LogP contribution in [0.25, 0.3) is 0 Å². The molecule has 0 aromatic rings. The molecule has 0 saturated carbocycles. The molecule has 0 spiro atoms. The highest BCUT2D eigenvalue weighted by Crippen LogP contribution is 2.23. The summed E-state index contributed by atoms with van der Waals surface area (Å²) in [4.78, 5) is -0.00583. The van der Waals surface area contributed by atoms with Gasteiger partial charge in [-0.25, -0.2) is 0 Å². The summed E-state index contributed by atoms with van der Waals surface area (Å²) in [6.45, 7) is 6.48. The minimum absolute atomic E-state index is 0.00583. The summed E-state index contributed by atoms with van der Waals surface area (Å²) < 4.78 is 0. The van der Waals surface area contributed by atoms with E-state index >= 15 is 0 Å². The van der Waals surface area contributed by atoms with Crippen LogP contribution in [0.3, 0.4) is 0 Å². The highest BCUT2D eigenvalue weighted by Gasteiger charge is 2.12. The molecule has 74 valence electrons. The van der Waals surface area contributed by atoms with E-state index in [1.54, 1.807) is 0 Å². The molecule has 0 amide bonds. The van der Waals surface area contributed by atoms with Crippen molar-refractivity contribution in [2.75, 3.05) is 5.33 Å². The zero-order valence-electron chi connectivity index (χ0n) is 8.37. The number of alkyl halides is 2. The molecule has 0 rings (SSSR count). The first-order valence-corrected chi connectivity index (χ1v) is 6.20. The predicted molar refractivity (Wildman–Crippen MR) is 61.4 cm³/mol. The van der Waals surface area contributed by atoms with E-state index in [-0.39, 0.29) is 4.87 Å². The maximum absolute atomic E-state index is 6.08. The SMILES string of the molecule is C[C@H](CCBr)CCCC(C)(C)Cl. The van der Waals surface area contributed by atoms with Crippen molar-refractivity contribution in [1.29, 1.82) is 0 Å². The van der Waals surface area contributed by atoms with Gasteiger partial charge in [-0.3, -0.25) is 0 Å². The molecule has 1 atom stereocenters. The second-order valence-electron chi connectivity index (χ2n) is 4.19. The van der Waals surface area contributed by atoms with Crippen LogP contribution in [0.5, 0.6) is 0 Å². The van der Waals surface area contributed by atoms with Crippen molar-refractivity contribution in [3.8, 4) is 0 Å². The van der Waals surface area contributed by atoms with Crippen molar-refractivity contribution >= 4 is 27.5 Å². The Bertz CT molecular complexity index is 107. The van der Waals surface area contributed by atoms with Gasteiger partial charge < -0.3 is 0 Å². The lowest BCUT2D eigenvalue weighted by Gasteiger charge is -2.16. The first-order valence-electron chi connectivity index (χ1n) is 4.70. The summed E-state index contributed by atoms with van der Waals surface area (Å²) in [5.74, 6) is 0.836. The maximum Gasteiger partial charge on any atom is 0.0390 e. The molecule has 0 heterocycles. The Morgan fingerprint density at radius 1 is 1.33 bits per heavy atom. The Kier molecular flexibility index (Phi) is 6.66. The van der Waals surface area contributed by atoms with E-state index in [4.69, 9.17) is 11.6 Å². The van der Waals surface area contributed by atoms with Crippen LogP contribution < -0.4 is 0 Å². The van der Waals surface area contributed by atoms with Crippen LogP contribution in [0.1, 0.15) is 46.5 Å². The molecular weight excluding hydrogens is 235 g/mol. The summed E-state index contributed by atoms with van der Waals surface area (Å²) in [5.41, 5.74) is 0. The van der Waals surface area contributed by atoms with E-state index in [9.17, 15) is 0 Å². The van der Waals surface area contributed by atoms with E-state index in [0.717, 1.165) is 17.7 Å². The van der Waals surface area contributed by atoms with E-state index in [0.29, 0.717) is 0 Å². The summed E-state index contributed by atoms with van der Waals surface area (Å²) >= 11 is 9.54. The molecule has 0 N–H and O–H groups in total. The Hall–Kier alpha value is 0.770. The third kappa shape index (κ3) is 8.86. The fourth-order valence-corrected chi connectivity index (χ4v) is 2.12. The van der Waals surface area contributed by atoms with Crippen LogP contribution in [0, 0.1) is 5.92 Å². The van der Waals surface area contributed by atoms with Crippen molar-refractivity contribution in [1.82, 2.24) is 0 Å². The first kappa shape index (κ1) is 12.8. The van der Waals surface area contributed by atoms with E-state index < -0.39 is 0 Å². The smallest absolute Gasteiger partial charge is 0.0390 e. The van der Waals surface area contributed by atoms with Crippen molar-refractivity contribution < 1.29 is 0 Å². The standard InChI is InChI=1S/C10H20BrCl/c1-9(6-8-11)5-4-7-10(2,3)12/h9H,4-8H2,1-3H3/t9-/m0/s1. The minimum atomic E-state index is -0.00583. The van der Waals surface area contributed by atoms with Gasteiger partial charge >= 0.3 is 0 Å². The van der Waals surface area contributed by atoms with Crippen LogP contribution in [-0.4, -0.2) is 10.2 Å². The number of hydrogen-bond donors (Lipinski definition) is 0. The average molecular weight is 256 g/mol. The topological polar surface area (TPSA) is 0 Å². The van der Waals surface area contributed by atoms with Gasteiger partial charge in [-0.05, 0) is 32.6 Å². The number of hydrogen-bond acceptors (Lipinski definition) is 0. The lowest BCUT2D eigenvalue weighted by Crippen LogP contribution is -2.10. The van der Waals surface area contributed by atoms with Crippen LogP contribution in [-0.2, 0) is 0 Å². The fraction of sp³-hybridized carbons (Fsp3) is 1.00. The predicted octanol–water partition coefficient (Wildman–Crippen LogP) is 4.60. The number of halogens is 2. The Labute approximate surface area is 90.2 Å². The van der Waals surface area contributed by atoms with Gasteiger partial charge in [0.05, 0.1) is 0 Å². The Balaban J connectivity index is 3.31. The van der Waals surface area contributed by atoms with E-state index in [1.165, 1.54) is 19.3 Å². The maximum atomic E-state index is 6.08. The third-order valence-electron chi connectivity index (χ3n) is 2.07. The normalized spacial score (nSPS) is 14.8. The molecule has 0 radical (unpaired) electrons. The van der Waals surface area contributed by atoms with Gasteiger partial charge in [0.15, 0.2) is 0 Å². The van der Waals surface area contributed by atoms with Crippen LogP contribution in [0.4, 0.5) is 0 Å². The summed E-state index contributed by atoms with van der Waals surface area (Å²) in [7, 11) is 0. The second-order valence-corrected chi connectivity index (χ2v) is 6.01. The van der Waals surface area contributed by atoms with Crippen molar-refractivity contribution in [3.63, 3.8) is 0 Å². The van der Waals surface area contributed by atoms with Gasteiger partial charge in [0, 0.05) is 10.2 Å². The van der Waals surface area contributed by atoms with Crippen molar-refractivity contribution in [2.45, 2.75) is 51.3 Å². The fourth-order valence-electron chi connectivity index (χ4n) is 1.20. The Morgan fingerprint density at radius 3 is 2.33 bits per heavy atom.